The van der Waals surface area contributed by atoms with Gasteiger partial charge in [-0.15, -0.1) is 0 Å². The van der Waals surface area contributed by atoms with Crippen LogP contribution in [0.15, 0.2) is 58.3 Å². The van der Waals surface area contributed by atoms with Crippen LogP contribution in [0.4, 0.5) is 5.69 Å². The molecule has 0 saturated carbocycles. The van der Waals surface area contributed by atoms with Gasteiger partial charge in [-0.05, 0) is 48.7 Å². The van der Waals surface area contributed by atoms with Gasteiger partial charge in [0.25, 0.3) is 5.91 Å². The number of benzene rings is 2. The Morgan fingerprint density at radius 3 is 2.93 bits per heavy atom. The van der Waals surface area contributed by atoms with Crippen LogP contribution in [-0.4, -0.2) is 37.6 Å². The highest BCUT2D eigenvalue weighted by Gasteiger charge is 2.30. The van der Waals surface area contributed by atoms with Gasteiger partial charge in [-0.2, -0.15) is 0 Å². The molecule has 2 aromatic rings. The van der Waals surface area contributed by atoms with Crippen molar-refractivity contribution >= 4 is 46.9 Å². The molecule has 0 bridgehead atoms. The SMILES string of the molecule is O=C(CN1C(=O)/C(=C\c2cccc(Cl)c2)Sc2ccccc21)NCC1CCCO1. The quantitative estimate of drug-likeness (QED) is 0.728. The number of thioether (sulfide) groups is 1. The molecule has 2 heterocycles. The smallest absolute Gasteiger partial charge is 0.265 e. The fraction of sp³-hybridized carbons (Fsp3) is 0.273. The van der Waals surface area contributed by atoms with Gasteiger partial charge >= 0.3 is 0 Å². The Morgan fingerprint density at radius 1 is 1.28 bits per heavy atom. The molecular weight excluding hydrogens is 408 g/mol. The molecular formula is C22H21ClN2O3S. The van der Waals surface area contributed by atoms with Gasteiger partial charge in [0, 0.05) is 23.1 Å². The predicted molar refractivity (Wildman–Crippen MR) is 116 cm³/mol. The molecule has 1 atom stereocenters. The minimum atomic E-state index is -0.197. The number of anilines is 1. The fourth-order valence-corrected chi connectivity index (χ4v) is 4.66. The fourth-order valence-electron chi connectivity index (χ4n) is 3.40. The van der Waals surface area contributed by atoms with Crippen molar-refractivity contribution in [3.63, 3.8) is 0 Å². The molecule has 1 saturated heterocycles. The van der Waals surface area contributed by atoms with Gasteiger partial charge in [-0.1, -0.05) is 47.6 Å². The summed E-state index contributed by atoms with van der Waals surface area (Å²) in [5.74, 6) is -0.390. The summed E-state index contributed by atoms with van der Waals surface area (Å²) in [5.41, 5.74) is 1.59. The summed E-state index contributed by atoms with van der Waals surface area (Å²) in [4.78, 5) is 28.7. The number of para-hydroxylation sites is 1. The van der Waals surface area contributed by atoms with Crippen molar-refractivity contribution in [1.29, 1.82) is 0 Å². The standard InChI is InChI=1S/C22H21ClN2O3S/c23-16-6-3-5-15(11-16)12-20-22(27)25(18-8-1-2-9-19(18)29-20)14-21(26)24-13-17-7-4-10-28-17/h1-3,5-6,8-9,11-12,17H,4,7,10,13-14H2,(H,24,26)/b20-12+. The summed E-state index contributed by atoms with van der Waals surface area (Å²) in [6, 6.07) is 15.0. The van der Waals surface area contributed by atoms with Gasteiger partial charge in [-0.25, -0.2) is 0 Å². The molecule has 1 N–H and O–H groups in total. The zero-order valence-electron chi connectivity index (χ0n) is 15.8. The maximum Gasteiger partial charge on any atom is 0.265 e. The van der Waals surface area contributed by atoms with Crippen LogP contribution in [0, 0.1) is 0 Å². The van der Waals surface area contributed by atoms with Crippen LogP contribution >= 0.6 is 23.4 Å². The minimum absolute atomic E-state index is 0.0317. The van der Waals surface area contributed by atoms with Gasteiger partial charge in [0.15, 0.2) is 0 Å². The van der Waals surface area contributed by atoms with Gasteiger partial charge in [-0.3, -0.25) is 14.5 Å². The number of fused-ring (bicyclic) bond motifs is 1. The van der Waals surface area contributed by atoms with E-state index in [1.165, 1.54) is 16.7 Å². The Bertz CT molecular complexity index is 957. The Labute approximate surface area is 179 Å². The normalized spacial score (nSPS) is 20.0. The topological polar surface area (TPSA) is 58.6 Å². The van der Waals surface area contributed by atoms with Crippen LogP contribution in [0.25, 0.3) is 6.08 Å². The first-order chi connectivity index (χ1) is 14.1. The molecule has 7 heteroatoms. The van der Waals surface area contributed by atoms with Crippen molar-refractivity contribution in [2.75, 3.05) is 24.6 Å². The third-order valence-electron chi connectivity index (χ3n) is 4.83. The summed E-state index contributed by atoms with van der Waals surface area (Å²) in [6.07, 6.45) is 3.85. The summed E-state index contributed by atoms with van der Waals surface area (Å²) in [7, 11) is 0. The molecule has 150 valence electrons. The highest BCUT2D eigenvalue weighted by atomic mass is 35.5. The number of hydrogen-bond acceptors (Lipinski definition) is 4. The lowest BCUT2D eigenvalue weighted by molar-refractivity contribution is -0.122. The van der Waals surface area contributed by atoms with E-state index < -0.39 is 0 Å². The number of amides is 2. The lowest BCUT2D eigenvalue weighted by atomic mass is 10.2. The number of carbonyl (C=O) groups excluding carboxylic acids is 2. The molecule has 0 spiro atoms. The van der Waals surface area contributed by atoms with Gasteiger partial charge in [0.05, 0.1) is 16.7 Å². The van der Waals surface area contributed by atoms with E-state index in [1.807, 2.05) is 48.5 Å². The summed E-state index contributed by atoms with van der Waals surface area (Å²) in [6.45, 7) is 1.19. The zero-order chi connectivity index (χ0) is 20.2. The number of rotatable bonds is 5. The number of nitrogens with one attached hydrogen (secondary N) is 1. The van der Waals surface area contributed by atoms with Crippen LogP contribution in [0.1, 0.15) is 18.4 Å². The highest BCUT2D eigenvalue weighted by Crippen LogP contribution is 2.41. The zero-order valence-corrected chi connectivity index (χ0v) is 17.3. The van der Waals surface area contributed by atoms with Crippen molar-refractivity contribution in [2.24, 2.45) is 0 Å². The van der Waals surface area contributed by atoms with E-state index in [0.29, 0.717) is 16.5 Å². The first kappa shape index (κ1) is 20.0. The number of halogens is 1. The van der Waals surface area contributed by atoms with Crippen molar-refractivity contribution in [3.8, 4) is 0 Å². The average molecular weight is 429 g/mol. The maximum atomic E-state index is 13.2. The molecule has 4 rings (SSSR count). The van der Waals surface area contributed by atoms with E-state index in [9.17, 15) is 9.59 Å². The molecule has 1 fully saturated rings. The predicted octanol–water partition coefficient (Wildman–Crippen LogP) is 4.12. The van der Waals surface area contributed by atoms with Crippen molar-refractivity contribution < 1.29 is 14.3 Å². The summed E-state index contributed by atoms with van der Waals surface area (Å²) < 4.78 is 5.55. The van der Waals surface area contributed by atoms with E-state index in [4.69, 9.17) is 16.3 Å². The van der Waals surface area contributed by atoms with E-state index in [0.717, 1.165) is 35.6 Å². The maximum absolute atomic E-state index is 13.2. The van der Waals surface area contributed by atoms with E-state index in [1.54, 1.807) is 6.07 Å². The van der Waals surface area contributed by atoms with Crippen LogP contribution in [0.2, 0.25) is 5.02 Å². The molecule has 0 aromatic heterocycles. The number of hydrogen-bond donors (Lipinski definition) is 1. The van der Waals surface area contributed by atoms with E-state index in [-0.39, 0.29) is 24.5 Å². The molecule has 2 amide bonds. The van der Waals surface area contributed by atoms with Gasteiger partial charge in [0.2, 0.25) is 5.91 Å². The number of carbonyl (C=O) groups is 2. The van der Waals surface area contributed by atoms with Crippen LogP contribution in [-0.2, 0) is 14.3 Å². The molecule has 29 heavy (non-hydrogen) atoms. The minimum Gasteiger partial charge on any atom is -0.376 e. The molecule has 2 aromatic carbocycles. The third kappa shape index (κ3) is 4.83. The monoisotopic (exact) mass is 428 g/mol. The highest BCUT2D eigenvalue weighted by molar-refractivity contribution is 8.04. The molecule has 0 aliphatic carbocycles. The largest absolute Gasteiger partial charge is 0.376 e. The first-order valence-corrected chi connectivity index (χ1v) is 10.7. The number of ether oxygens (including phenoxy) is 1. The van der Waals surface area contributed by atoms with E-state index >= 15 is 0 Å². The van der Waals surface area contributed by atoms with Gasteiger partial charge in [0.1, 0.15) is 6.54 Å². The molecule has 2 aliphatic rings. The molecule has 0 radical (unpaired) electrons. The van der Waals surface area contributed by atoms with Crippen LogP contribution in [0.3, 0.4) is 0 Å². The van der Waals surface area contributed by atoms with Crippen LogP contribution < -0.4 is 10.2 Å². The van der Waals surface area contributed by atoms with Gasteiger partial charge < -0.3 is 10.1 Å². The first-order valence-electron chi connectivity index (χ1n) is 9.54. The molecule has 1 unspecified atom stereocenters. The van der Waals surface area contributed by atoms with Crippen molar-refractivity contribution in [3.05, 3.63) is 64.0 Å². The summed E-state index contributed by atoms with van der Waals surface area (Å²) >= 11 is 7.48. The third-order valence-corrected chi connectivity index (χ3v) is 6.14. The Hall–Kier alpha value is -2.28. The lowest BCUT2D eigenvalue weighted by Crippen LogP contribution is -2.44. The molecule has 2 aliphatic heterocycles. The Kier molecular flexibility index (Phi) is 6.23. The Morgan fingerprint density at radius 2 is 2.14 bits per heavy atom. The summed E-state index contributed by atoms with van der Waals surface area (Å²) in [5, 5.41) is 3.50. The van der Waals surface area contributed by atoms with Crippen molar-refractivity contribution in [1.82, 2.24) is 5.32 Å². The lowest BCUT2D eigenvalue weighted by Gasteiger charge is -2.30. The average Bonchev–Trinajstić information content (AvgIpc) is 3.23. The second-order valence-corrected chi connectivity index (χ2v) is 8.48. The molecule has 5 nitrogen and oxygen atoms in total. The second-order valence-electron chi connectivity index (χ2n) is 6.96. The van der Waals surface area contributed by atoms with Crippen LogP contribution in [0.5, 0.6) is 0 Å². The number of nitrogens with zero attached hydrogens (tertiary/aromatic N) is 1. The van der Waals surface area contributed by atoms with Crippen molar-refractivity contribution in [2.45, 2.75) is 23.8 Å². The second kappa shape index (κ2) is 9.03. The Balaban J connectivity index is 1.54. The van der Waals surface area contributed by atoms with E-state index in [2.05, 4.69) is 5.32 Å².